The first-order valence-electron chi connectivity index (χ1n) is 7.32. The molecule has 0 atom stereocenters. The first-order chi connectivity index (χ1) is 12.1. The molecular weight excluding hydrogens is 322 g/mol. The van der Waals surface area contributed by atoms with Crippen LogP contribution in [0, 0.1) is 0 Å². The Morgan fingerprint density at radius 1 is 0.880 bits per heavy atom. The van der Waals surface area contributed by atoms with Crippen molar-refractivity contribution in [2.75, 3.05) is 5.32 Å². The van der Waals surface area contributed by atoms with E-state index in [0.29, 0.717) is 17.2 Å². The molecule has 0 fully saturated rings. The summed E-state index contributed by atoms with van der Waals surface area (Å²) < 4.78 is 5.77. The molecule has 0 aliphatic heterocycles. The van der Waals surface area contributed by atoms with E-state index in [1.165, 1.54) is 0 Å². The topological polar surface area (TPSA) is 101 Å². The molecule has 1 aromatic heterocycles. The minimum Gasteiger partial charge on any atom is -0.476 e. The molecule has 3 aromatic rings. The van der Waals surface area contributed by atoms with E-state index in [2.05, 4.69) is 15.3 Å². The molecule has 7 nitrogen and oxygen atoms in total. The summed E-state index contributed by atoms with van der Waals surface area (Å²) in [5, 5.41) is 11.5. The molecule has 2 aromatic carbocycles. The van der Waals surface area contributed by atoms with Gasteiger partial charge in [-0.25, -0.2) is 14.8 Å². The number of para-hydroxylation sites is 3. The molecule has 124 valence electrons. The van der Waals surface area contributed by atoms with Gasteiger partial charge in [-0.15, -0.1) is 0 Å². The molecule has 0 aliphatic carbocycles. The van der Waals surface area contributed by atoms with Crippen LogP contribution in [0.3, 0.4) is 0 Å². The van der Waals surface area contributed by atoms with Crippen LogP contribution in [0.15, 0.2) is 67.0 Å². The Balaban J connectivity index is 1.78. The minimum atomic E-state index is -1.21. The molecule has 25 heavy (non-hydrogen) atoms. The minimum absolute atomic E-state index is 0.000450. The number of carboxylic acids is 1. The zero-order valence-electron chi connectivity index (χ0n) is 12.9. The molecule has 1 heterocycles. The van der Waals surface area contributed by atoms with Crippen molar-refractivity contribution in [3.63, 3.8) is 0 Å². The van der Waals surface area contributed by atoms with E-state index < -0.39 is 11.9 Å². The van der Waals surface area contributed by atoms with Gasteiger partial charge in [-0.2, -0.15) is 0 Å². The van der Waals surface area contributed by atoms with Gasteiger partial charge in [0.15, 0.2) is 11.4 Å². The molecule has 0 unspecified atom stereocenters. The lowest BCUT2D eigenvalue weighted by Crippen LogP contribution is -2.15. The van der Waals surface area contributed by atoms with Crippen LogP contribution in [0.4, 0.5) is 5.69 Å². The van der Waals surface area contributed by atoms with Crippen LogP contribution in [0.2, 0.25) is 0 Å². The van der Waals surface area contributed by atoms with Crippen LogP contribution in [0.5, 0.6) is 11.5 Å². The molecule has 7 heteroatoms. The highest BCUT2D eigenvalue weighted by atomic mass is 16.5. The molecule has 0 bridgehead atoms. The van der Waals surface area contributed by atoms with Crippen LogP contribution in [-0.2, 0) is 0 Å². The normalized spacial score (nSPS) is 10.1. The highest BCUT2D eigenvalue weighted by Crippen LogP contribution is 2.29. The number of anilines is 1. The van der Waals surface area contributed by atoms with E-state index >= 15 is 0 Å². The van der Waals surface area contributed by atoms with E-state index in [-0.39, 0.29) is 11.4 Å². The fourth-order valence-electron chi connectivity index (χ4n) is 2.02. The molecule has 0 saturated carbocycles. The van der Waals surface area contributed by atoms with Gasteiger partial charge in [0.1, 0.15) is 11.4 Å². The van der Waals surface area contributed by atoms with Crippen molar-refractivity contribution in [3.05, 3.63) is 78.4 Å². The van der Waals surface area contributed by atoms with Gasteiger partial charge < -0.3 is 15.2 Å². The van der Waals surface area contributed by atoms with Gasteiger partial charge in [-0.1, -0.05) is 30.3 Å². The Hall–Kier alpha value is -3.74. The van der Waals surface area contributed by atoms with Crippen molar-refractivity contribution in [1.29, 1.82) is 0 Å². The molecule has 0 radical (unpaired) electrons. The van der Waals surface area contributed by atoms with Crippen molar-refractivity contribution in [1.82, 2.24) is 9.97 Å². The third kappa shape index (κ3) is 3.97. The molecule has 1 amide bonds. The molecular formula is C18H13N3O4. The average Bonchev–Trinajstić information content (AvgIpc) is 2.64. The number of nitrogens with one attached hydrogen (secondary N) is 1. The van der Waals surface area contributed by atoms with Gasteiger partial charge in [-0.3, -0.25) is 4.79 Å². The number of rotatable bonds is 5. The van der Waals surface area contributed by atoms with Gasteiger partial charge in [0.2, 0.25) is 0 Å². The van der Waals surface area contributed by atoms with Gasteiger partial charge >= 0.3 is 5.97 Å². The summed E-state index contributed by atoms with van der Waals surface area (Å²) in [4.78, 5) is 30.5. The lowest BCUT2D eigenvalue weighted by Gasteiger charge is -2.11. The standard InChI is InChI=1S/C18H13N3O4/c22-17(14-10-20-15(11-19-14)18(23)24)21-13-8-4-5-9-16(13)25-12-6-2-1-3-7-12/h1-11H,(H,21,22)(H,23,24). The number of carbonyl (C=O) groups excluding carboxylic acids is 1. The summed E-state index contributed by atoms with van der Waals surface area (Å²) >= 11 is 0. The number of ether oxygens (including phenoxy) is 1. The molecule has 2 N–H and O–H groups in total. The predicted octanol–water partition coefficient (Wildman–Crippen LogP) is 3.22. The first kappa shape index (κ1) is 16.1. The van der Waals surface area contributed by atoms with Crippen molar-refractivity contribution in [2.45, 2.75) is 0 Å². The fraction of sp³-hybridized carbons (Fsp3) is 0. The SMILES string of the molecule is O=C(O)c1cnc(C(=O)Nc2ccccc2Oc2ccccc2)cn1. The number of nitrogens with zero attached hydrogens (tertiary/aromatic N) is 2. The number of benzene rings is 2. The number of carbonyl (C=O) groups is 2. The highest BCUT2D eigenvalue weighted by molar-refractivity contribution is 6.03. The van der Waals surface area contributed by atoms with Crippen LogP contribution in [0.25, 0.3) is 0 Å². The Kier molecular flexibility index (Phi) is 4.66. The van der Waals surface area contributed by atoms with Gasteiger partial charge in [0, 0.05) is 0 Å². The lowest BCUT2D eigenvalue weighted by atomic mass is 10.2. The van der Waals surface area contributed by atoms with E-state index in [1.54, 1.807) is 36.4 Å². The summed E-state index contributed by atoms with van der Waals surface area (Å²) in [6.07, 6.45) is 2.14. The van der Waals surface area contributed by atoms with Gasteiger partial charge in [0.25, 0.3) is 5.91 Å². The zero-order chi connectivity index (χ0) is 17.6. The van der Waals surface area contributed by atoms with Crippen molar-refractivity contribution < 1.29 is 19.4 Å². The lowest BCUT2D eigenvalue weighted by molar-refractivity contribution is 0.0689. The predicted molar refractivity (Wildman–Crippen MR) is 89.9 cm³/mol. The number of hydrogen-bond acceptors (Lipinski definition) is 5. The number of aromatic carboxylic acids is 1. The van der Waals surface area contributed by atoms with Crippen LogP contribution in [-0.4, -0.2) is 27.0 Å². The third-order valence-corrected chi connectivity index (χ3v) is 3.21. The van der Waals surface area contributed by atoms with E-state index in [4.69, 9.17) is 9.84 Å². The number of aromatic nitrogens is 2. The second-order valence-corrected chi connectivity index (χ2v) is 4.96. The number of hydrogen-bond donors (Lipinski definition) is 2. The Bertz CT molecular complexity index is 896. The van der Waals surface area contributed by atoms with Crippen molar-refractivity contribution in [3.8, 4) is 11.5 Å². The Morgan fingerprint density at radius 3 is 2.20 bits per heavy atom. The second-order valence-electron chi connectivity index (χ2n) is 4.96. The molecule has 3 rings (SSSR count). The summed E-state index contributed by atoms with van der Waals surface area (Å²) in [7, 11) is 0. The Morgan fingerprint density at radius 2 is 1.52 bits per heavy atom. The highest BCUT2D eigenvalue weighted by Gasteiger charge is 2.13. The van der Waals surface area contributed by atoms with Gasteiger partial charge in [0.05, 0.1) is 18.1 Å². The van der Waals surface area contributed by atoms with E-state index in [0.717, 1.165) is 12.4 Å². The third-order valence-electron chi connectivity index (χ3n) is 3.21. The zero-order valence-corrected chi connectivity index (χ0v) is 12.9. The van der Waals surface area contributed by atoms with Crippen LogP contribution >= 0.6 is 0 Å². The van der Waals surface area contributed by atoms with Crippen molar-refractivity contribution in [2.24, 2.45) is 0 Å². The van der Waals surface area contributed by atoms with Crippen molar-refractivity contribution >= 4 is 17.6 Å². The van der Waals surface area contributed by atoms with Crippen LogP contribution in [0.1, 0.15) is 21.0 Å². The number of carboxylic acid groups (broad SMARTS) is 1. The fourth-order valence-corrected chi connectivity index (χ4v) is 2.02. The summed E-state index contributed by atoms with van der Waals surface area (Å²) in [5.41, 5.74) is 0.226. The maximum absolute atomic E-state index is 12.3. The first-order valence-corrected chi connectivity index (χ1v) is 7.32. The smallest absolute Gasteiger partial charge is 0.356 e. The molecule has 0 aliphatic rings. The largest absolute Gasteiger partial charge is 0.476 e. The van der Waals surface area contributed by atoms with E-state index in [1.807, 2.05) is 18.2 Å². The summed E-state index contributed by atoms with van der Waals surface area (Å²) in [6, 6.07) is 16.1. The molecule has 0 spiro atoms. The summed E-state index contributed by atoms with van der Waals surface area (Å²) in [5.74, 6) is -0.624. The second kappa shape index (κ2) is 7.22. The number of amides is 1. The van der Waals surface area contributed by atoms with Crippen LogP contribution < -0.4 is 10.1 Å². The quantitative estimate of drug-likeness (QED) is 0.742. The van der Waals surface area contributed by atoms with Gasteiger partial charge in [-0.05, 0) is 24.3 Å². The maximum Gasteiger partial charge on any atom is 0.356 e. The monoisotopic (exact) mass is 335 g/mol. The average molecular weight is 335 g/mol. The maximum atomic E-state index is 12.3. The summed E-state index contributed by atoms with van der Waals surface area (Å²) in [6.45, 7) is 0. The molecule has 0 saturated heterocycles. The van der Waals surface area contributed by atoms with E-state index in [9.17, 15) is 9.59 Å². The Labute approximate surface area is 142 Å².